The minimum atomic E-state index is -4.61. The standard InChI is InChI=1S/C21H16F3N7O2/c1-13-17(9-25-12-27-13)15-4-2-14(3-5-15)10-31-11-19(33-30-31)29-20(32)28-16-6-7-26-18(8-16)21(22,23)24/h2-9,11-12H,10H2,1H3,(H-,26,28,29,30,32)/p+1. The molecule has 0 atom stereocenters. The number of alkyl halides is 3. The van der Waals surface area contributed by atoms with Crippen molar-refractivity contribution in [2.45, 2.75) is 19.6 Å². The Labute approximate surface area is 185 Å². The van der Waals surface area contributed by atoms with Crippen molar-refractivity contribution in [3.8, 4) is 11.1 Å². The van der Waals surface area contributed by atoms with E-state index in [1.807, 2.05) is 31.2 Å². The van der Waals surface area contributed by atoms with E-state index >= 15 is 0 Å². The van der Waals surface area contributed by atoms with Crippen LogP contribution in [0.1, 0.15) is 17.0 Å². The van der Waals surface area contributed by atoms with Gasteiger partial charge in [-0.05, 0) is 29.3 Å². The van der Waals surface area contributed by atoms with E-state index in [9.17, 15) is 18.0 Å². The number of hydrogen-bond donors (Lipinski definition) is 2. The van der Waals surface area contributed by atoms with Gasteiger partial charge in [-0.3, -0.25) is 14.8 Å². The lowest BCUT2D eigenvalue weighted by atomic mass is 10.0. The van der Waals surface area contributed by atoms with Crippen LogP contribution in [0.25, 0.3) is 11.1 Å². The molecule has 3 heterocycles. The number of anilines is 2. The molecule has 2 N–H and O–H groups in total. The Balaban J connectivity index is 1.36. The summed E-state index contributed by atoms with van der Waals surface area (Å²) in [7, 11) is 0. The molecule has 0 bridgehead atoms. The number of nitrogens with one attached hydrogen (secondary N) is 2. The van der Waals surface area contributed by atoms with Gasteiger partial charge in [0.25, 0.3) is 6.20 Å². The molecule has 3 aromatic heterocycles. The Kier molecular flexibility index (Phi) is 5.98. The van der Waals surface area contributed by atoms with Crippen LogP contribution in [0, 0.1) is 6.92 Å². The molecule has 0 radical (unpaired) electrons. The second-order valence-electron chi connectivity index (χ2n) is 6.99. The molecule has 1 aromatic carbocycles. The molecule has 12 heteroatoms. The summed E-state index contributed by atoms with van der Waals surface area (Å²) in [4.78, 5) is 23.5. The molecule has 2 amide bonds. The van der Waals surface area contributed by atoms with Crippen molar-refractivity contribution in [3.05, 3.63) is 78.3 Å². The third kappa shape index (κ3) is 5.47. The number of aryl methyl sites for hydroxylation is 1. The van der Waals surface area contributed by atoms with Crippen molar-refractivity contribution >= 4 is 17.6 Å². The molecule has 0 saturated carbocycles. The van der Waals surface area contributed by atoms with Crippen LogP contribution in [-0.4, -0.2) is 26.3 Å². The van der Waals surface area contributed by atoms with E-state index in [4.69, 9.17) is 4.52 Å². The number of halogens is 3. The van der Waals surface area contributed by atoms with Crippen molar-refractivity contribution in [2.24, 2.45) is 0 Å². The van der Waals surface area contributed by atoms with Crippen molar-refractivity contribution in [1.82, 2.24) is 20.2 Å². The summed E-state index contributed by atoms with van der Waals surface area (Å²) in [6.45, 7) is 2.28. The first-order chi connectivity index (χ1) is 15.8. The first kappa shape index (κ1) is 21.9. The average Bonchev–Trinajstić information content (AvgIpc) is 3.21. The molecule has 0 aliphatic heterocycles. The van der Waals surface area contributed by atoms with Crippen LogP contribution >= 0.6 is 0 Å². The van der Waals surface area contributed by atoms with Gasteiger partial charge in [0.05, 0.1) is 0 Å². The molecule has 0 aliphatic rings. The summed E-state index contributed by atoms with van der Waals surface area (Å²) in [6.07, 6.45) is 1.05. The number of urea groups is 1. The topological polar surface area (TPSA) is 110 Å². The number of pyridine rings is 1. The maximum Gasteiger partial charge on any atom is 0.433 e. The number of rotatable bonds is 5. The smallest absolute Gasteiger partial charge is 0.308 e. The Morgan fingerprint density at radius 3 is 2.64 bits per heavy atom. The fourth-order valence-electron chi connectivity index (χ4n) is 3.00. The first-order valence-electron chi connectivity index (χ1n) is 9.61. The molecule has 0 fully saturated rings. The second-order valence-corrected chi connectivity index (χ2v) is 6.99. The fourth-order valence-corrected chi connectivity index (χ4v) is 3.00. The maximum atomic E-state index is 12.7. The highest BCUT2D eigenvalue weighted by atomic mass is 19.4. The average molecular weight is 456 g/mol. The second kappa shape index (κ2) is 9.02. The monoisotopic (exact) mass is 456 g/mol. The molecule has 0 unspecified atom stereocenters. The van der Waals surface area contributed by atoms with Gasteiger partial charge in [-0.15, -0.1) is 0 Å². The number of carbonyl (C=O) groups is 1. The number of amides is 2. The van der Waals surface area contributed by atoms with Crippen molar-refractivity contribution < 1.29 is 27.2 Å². The number of carbonyl (C=O) groups excluding carboxylic acids is 1. The Bertz CT molecular complexity index is 1270. The molecule has 9 nitrogen and oxygen atoms in total. The predicted octanol–water partition coefficient (Wildman–Crippen LogP) is 3.83. The zero-order valence-corrected chi connectivity index (χ0v) is 17.2. The Morgan fingerprint density at radius 2 is 1.91 bits per heavy atom. The van der Waals surface area contributed by atoms with Gasteiger partial charge < -0.3 is 5.32 Å². The highest BCUT2D eigenvalue weighted by Crippen LogP contribution is 2.28. The van der Waals surface area contributed by atoms with Crippen LogP contribution in [0.5, 0.6) is 0 Å². The minimum absolute atomic E-state index is 0.0197. The molecule has 4 rings (SSSR count). The minimum Gasteiger partial charge on any atom is -0.308 e. The van der Waals surface area contributed by atoms with Crippen LogP contribution in [-0.2, 0) is 12.7 Å². The number of hydrogen-bond acceptors (Lipinski definition) is 6. The maximum absolute atomic E-state index is 12.7. The third-order valence-corrected chi connectivity index (χ3v) is 4.58. The fraction of sp³-hybridized carbons (Fsp3) is 0.143. The van der Waals surface area contributed by atoms with Crippen LogP contribution in [0.4, 0.5) is 29.5 Å². The largest absolute Gasteiger partial charge is 0.433 e. The van der Waals surface area contributed by atoms with Crippen molar-refractivity contribution in [2.75, 3.05) is 10.6 Å². The number of nitrogens with zero attached hydrogens (tertiary/aromatic N) is 5. The summed E-state index contributed by atoms with van der Waals surface area (Å²) in [5, 5.41) is 8.50. The van der Waals surface area contributed by atoms with E-state index in [2.05, 4.69) is 30.9 Å². The van der Waals surface area contributed by atoms with Crippen molar-refractivity contribution in [3.63, 3.8) is 0 Å². The summed E-state index contributed by atoms with van der Waals surface area (Å²) in [5.74, 6) is 0.0197. The first-order valence-corrected chi connectivity index (χ1v) is 9.61. The highest BCUT2D eigenvalue weighted by Gasteiger charge is 2.32. The summed E-state index contributed by atoms with van der Waals surface area (Å²) in [5.41, 5.74) is 2.54. The van der Waals surface area contributed by atoms with Gasteiger partial charge in [0.1, 0.15) is 12.0 Å². The lowest BCUT2D eigenvalue weighted by Gasteiger charge is -2.08. The van der Waals surface area contributed by atoms with E-state index in [1.165, 1.54) is 23.3 Å². The van der Waals surface area contributed by atoms with Gasteiger partial charge in [0.15, 0.2) is 0 Å². The van der Waals surface area contributed by atoms with Crippen molar-refractivity contribution in [1.29, 1.82) is 0 Å². The zero-order chi connectivity index (χ0) is 23.4. The quantitative estimate of drug-likeness (QED) is 0.442. The molecule has 4 aromatic rings. The molecule has 168 valence electrons. The van der Waals surface area contributed by atoms with E-state index < -0.39 is 17.9 Å². The van der Waals surface area contributed by atoms with Gasteiger partial charge in [-0.25, -0.2) is 14.8 Å². The Morgan fingerprint density at radius 1 is 1.12 bits per heavy atom. The lowest BCUT2D eigenvalue weighted by molar-refractivity contribution is -0.754. The molecular formula is C21H17F3N7O2+. The third-order valence-electron chi connectivity index (χ3n) is 4.58. The number of aromatic nitrogens is 5. The highest BCUT2D eigenvalue weighted by molar-refractivity contribution is 5.98. The van der Waals surface area contributed by atoms with E-state index in [0.717, 1.165) is 34.6 Å². The van der Waals surface area contributed by atoms with Gasteiger partial charge >= 0.3 is 18.1 Å². The van der Waals surface area contributed by atoms with Gasteiger partial charge in [0.2, 0.25) is 11.8 Å². The molecular weight excluding hydrogens is 439 g/mol. The summed E-state index contributed by atoms with van der Waals surface area (Å²) in [6, 6.07) is 8.91. The summed E-state index contributed by atoms with van der Waals surface area (Å²) >= 11 is 0. The lowest BCUT2D eigenvalue weighted by Crippen LogP contribution is -2.35. The molecule has 0 saturated heterocycles. The summed E-state index contributed by atoms with van der Waals surface area (Å²) < 4.78 is 44.7. The molecule has 0 aliphatic carbocycles. The van der Waals surface area contributed by atoms with Crippen LogP contribution in [0.15, 0.2) is 65.8 Å². The van der Waals surface area contributed by atoms with E-state index in [-0.39, 0.29) is 11.6 Å². The zero-order valence-electron chi connectivity index (χ0n) is 17.2. The van der Waals surface area contributed by atoms with Crippen LogP contribution < -0.4 is 15.3 Å². The SMILES string of the molecule is Cc1ncncc1-c1ccc(C[n+]2cc(NC(=O)Nc3ccnc(C(F)(F)F)c3)on2)cc1. The van der Waals surface area contributed by atoms with Crippen LogP contribution in [0.3, 0.4) is 0 Å². The molecule has 0 spiro atoms. The van der Waals surface area contributed by atoms with E-state index in [0.29, 0.717) is 6.54 Å². The normalized spacial score (nSPS) is 11.3. The molecule has 33 heavy (non-hydrogen) atoms. The number of benzene rings is 1. The van der Waals surface area contributed by atoms with Gasteiger partial charge in [-0.2, -0.15) is 13.2 Å². The van der Waals surface area contributed by atoms with Gasteiger partial charge in [-0.1, -0.05) is 24.3 Å². The van der Waals surface area contributed by atoms with Crippen LogP contribution in [0.2, 0.25) is 0 Å². The predicted molar refractivity (Wildman–Crippen MR) is 110 cm³/mol. The van der Waals surface area contributed by atoms with E-state index in [1.54, 1.807) is 6.20 Å². The Hall–Kier alpha value is -4.35. The van der Waals surface area contributed by atoms with Gasteiger partial charge in [0, 0.05) is 34.9 Å².